The minimum absolute atomic E-state index is 0.871. The summed E-state index contributed by atoms with van der Waals surface area (Å²) >= 11 is 0. The van der Waals surface area contributed by atoms with Gasteiger partial charge in [-0.25, -0.2) is 0 Å². The van der Waals surface area contributed by atoms with Crippen LogP contribution in [0.2, 0.25) is 0 Å². The van der Waals surface area contributed by atoms with Gasteiger partial charge in [0.05, 0.1) is 22.1 Å². The van der Waals surface area contributed by atoms with Crippen LogP contribution in [0, 0.1) is 0 Å². The normalized spacial score (nSPS) is 15.1. The molecule has 0 bridgehead atoms. The van der Waals surface area contributed by atoms with E-state index in [2.05, 4.69) is 161 Å². The van der Waals surface area contributed by atoms with Gasteiger partial charge in [0.1, 0.15) is 0 Å². The lowest BCUT2D eigenvalue weighted by atomic mass is 9.99. The summed E-state index contributed by atoms with van der Waals surface area (Å²) in [4.78, 5) is 0. The Hall–Kier alpha value is -6.41. The highest BCUT2D eigenvalue weighted by Gasteiger charge is 2.41. The zero-order valence-corrected chi connectivity index (χ0v) is 29.0. The van der Waals surface area contributed by atoms with Gasteiger partial charge < -0.3 is 13.7 Å². The minimum Gasteiger partial charge on any atom is -0.309 e. The van der Waals surface area contributed by atoms with Gasteiger partial charge in [0.15, 0.2) is 7.14 Å². The fourth-order valence-electron chi connectivity index (χ4n) is 8.75. The fourth-order valence-corrected chi connectivity index (χ4v) is 11.8. The van der Waals surface area contributed by atoms with Crippen LogP contribution in [-0.2, 0) is 4.57 Å². The molecule has 0 aliphatic carbocycles. The van der Waals surface area contributed by atoms with Crippen molar-refractivity contribution in [2.24, 2.45) is 0 Å². The topological polar surface area (TPSA) is 26.9 Å². The number of fused-ring (bicyclic) bond motifs is 10. The van der Waals surface area contributed by atoms with Crippen LogP contribution in [0.25, 0.3) is 77.2 Å². The molecule has 1 unspecified atom stereocenters. The molecule has 10 aromatic rings. The van der Waals surface area contributed by atoms with Gasteiger partial charge in [-0.2, -0.15) is 0 Å². The van der Waals surface area contributed by atoms with Crippen molar-refractivity contribution in [1.29, 1.82) is 0 Å². The van der Waals surface area contributed by atoms with E-state index >= 15 is 4.57 Å². The van der Waals surface area contributed by atoms with E-state index in [4.69, 9.17) is 0 Å². The molecule has 0 spiro atoms. The second-order valence-electron chi connectivity index (χ2n) is 13.6. The fraction of sp³-hybridized carbons (Fsp3) is 0. The van der Waals surface area contributed by atoms with Crippen LogP contribution in [-0.4, -0.2) is 9.13 Å². The highest BCUT2D eigenvalue weighted by Crippen LogP contribution is 2.54. The van der Waals surface area contributed by atoms with E-state index in [0.717, 1.165) is 60.4 Å². The zero-order chi connectivity index (χ0) is 34.4. The van der Waals surface area contributed by atoms with Crippen LogP contribution in [0.5, 0.6) is 0 Å². The van der Waals surface area contributed by atoms with Crippen LogP contribution < -0.4 is 15.9 Å². The SMILES string of the molecule is O=P1(c2ccccc2)c2ccccc2-c2c1ccc1c3ccccc3n(-c3ccc(-c4cccc5c4c4ccccc4n5-c4ccccc4)cc3)c21. The van der Waals surface area contributed by atoms with E-state index < -0.39 is 7.14 Å². The predicted molar refractivity (Wildman–Crippen MR) is 219 cm³/mol. The van der Waals surface area contributed by atoms with Crippen molar-refractivity contribution in [3.63, 3.8) is 0 Å². The standard InChI is InChI=1S/C48H31N2OP/c51-52(35-16-5-2-6-17-35)44-25-12-9-20-40(44)47-45(52)31-30-38-37-18-7-10-22-41(37)50(48(38)47)34-28-26-32(27-29-34)36-21-13-24-43-46(36)39-19-8-11-23-42(39)49(43)33-14-3-1-4-15-33/h1-31H. The molecule has 0 saturated heterocycles. The summed E-state index contributed by atoms with van der Waals surface area (Å²) in [5.74, 6) is 0. The largest absolute Gasteiger partial charge is 0.309 e. The first kappa shape index (κ1) is 29.3. The van der Waals surface area contributed by atoms with Crippen molar-refractivity contribution >= 4 is 66.7 Å². The Morgan fingerprint density at radius 2 is 0.981 bits per heavy atom. The molecule has 244 valence electrons. The molecule has 3 heterocycles. The third kappa shape index (κ3) is 3.94. The van der Waals surface area contributed by atoms with Crippen LogP contribution in [0.3, 0.4) is 0 Å². The molecule has 8 aromatic carbocycles. The highest BCUT2D eigenvalue weighted by molar-refractivity contribution is 7.86. The number of benzene rings is 8. The van der Waals surface area contributed by atoms with Gasteiger partial charge in [-0.15, -0.1) is 0 Å². The van der Waals surface area contributed by atoms with Gasteiger partial charge in [0, 0.05) is 54.4 Å². The van der Waals surface area contributed by atoms with Gasteiger partial charge in [0.25, 0.3) is 0 Å². The lowest BCUT2D eigenvalue weighted by Gasteiger charge is -2.16. The van der Waals surface area contributed by atoms with E-state index in [1.807, 2.05) is 36.4 Å². The molecule has 0 N–H and O–H groups in total. The molecular weight excluding hydrogens is 652 g/mol. The summed E-state index contributed by atoms with van der Waals surface area (Å²) in [6.07, 6.45) is 0. The molecule has 2 aromatic heterocycles. The average molecular weight is 683 g/mol. The minimum atomic E-state index is -3.09. The lowest BCUT2D eigenvalue weighted by Crippen LogP contribution is -2.20. The van der Waals surface area contributed by atoms with Crippen molar-refractivity contribution in [3.05, 3.63) is 188 Å². The van der Waals surface area contributed by atoms with E-state index in [-0.39, 0.29) is 0 Å². The Bertz CT molecular complexity index is 3080. The Kier molecular flexibility index (Phi) is 6.23. The lowest BCUT2D eigenvalue weighted by molar-refractivity contribution is 0.593. The molecule has 11 rings (SSSR count). The number of hydrogen-bond donors (Lipinski definition) is 0. The van der Waals surface area contributed by atoms with Crippen molar-refractivity contribution < 1.29 is 4.57 Å². The first-order valence-corrected chi connectivity index (χ1v) is 19.4. The molecule has 1 aliphatic rings. The summed E-state index contributed by atoms with van der Waals surface area (Å²) in [6, 6.07) is 66.2. The number of rotatable bonds is 4. The van der Waals surface area contributed by atoms with Crippen LogP contribution in [0.15, 0.2) is 188 Å². The maximum atomic E-state index is 15.4. The summed E-state index contributed by atoms with van der Waals surface area (Å²) in [7, 11) is -3.09. The summed E-state index contributed by atoms with van der Waals surface area (Å²) < 4.78 is 20.2. The second-order valence-corrected chi connectivity index (χ2v) is 16.3. The van der Waals surface area contributed by atoms with Crippen molar-refractivity contribution in [3.8, 4) is 33.6 Å². The Labute approximate surface area is 301 Å². The molecule has 0 fully saturated rings. The van der Waals surface area contributed by atoms with Crippen molar-refractivity contribution in [2.45, 2.75) is 0 Å². The van der Waals surface area contributed by atoms with Gasteiger partial charge in [-0.3, -0.25) is 0 Å². The van der Waals surface area contributed by atoms with E-state index in [1.165, 1.54) is 32.8 Å². The maximum absolute atomic E-state index is 15.4. The molecule has 1 aliphatic heterocycles. The maximum Gasteiger partial charge on any atom is 0.172 e. The summed E-state index contributed by atoms with van der Waals surface area (Å²) in [5, 5.41) is 7.52. The quantitative estimate of drug-likeness (QED) is 0.170. The zero-order valence-electron chi connectivity index (χ0n) is 28.1. The monoisotopic (exact) mass is 682 g/mol. The Morgan fingerprint density at radius 1 is 0.385 bits per heavy atom. The molecule has 0 radical (unpaired) electrons. The van der Waals surface area contributed by atoms with E-state index in [0.29, 0.717) is 0 Å². The molecule has 4 heteroatoms. The Balaban J connectivity index is 1.15. The number of aromatic nitrogens is 2. The molecule has 1 atom stereocenters. The van der Waals surface area contributed by atoms with Gasteiger partial charge >= 0.3 is 0 Å². The second kappa shape index (κ2) is 11.0. The summed E-state index contributed by atoms with van der Waals surface area (Å²) in [6.45, 7) is 0. The van der Waals surface area contributed by atoms with Crippen LogP contribution in [0.4, 0.5) is 0 Å². The van der Waals surface area contributed by atoms with Crippen molar-refractivity contribution in [2.75, 3.05) is 0 Å². The highest BCUT2D eigenvalue weighted by atomic mass is 31.2. The molecule has 3 nitrogen and oxygen atoms in total. The van der Waals surface area contributed by atoms with E-state index in [1.54, 1.807) is 0 Å². The molecule has 0 saturated carbocycles. The Morgan fingerprint density at radius 3 is 1.77 bits per heavy atom. The smallest absolute Gasteiger partial charge is 0.172 e. The average Bonchev–Trinajstić information content (AvgIpc) is 3.83. The first-order valence-electron chi connectivity index (χ1n) is 17.7. The third-order valence-electron chi connectivity index (χ3n) is 10.9. The molecular formula is C48H31N2OP. The van der Waals surface area contributed by atoms with E-state index in [9.17, 15) is 0 Å². The number of para-hydroxylation sites is 3. The van der Waals surface area contributed by atoms with Crippen LogP contribution in [0.1, 0.15) is 0 Å². The first-order chi connectivity index (χ1) is 25.7. The molecule has 0 amide bonds. The number of nitrogens with zero attached hydrogens (tertiary/aromatic N) is 2. The summed E-state index contributed by atoms with van der Waals surface area (Å²) in [5.41, 5.74) is 11.3. The van der Waals surface area contributed by atoms with Gasteiger partial charge in [-0.1, -0.05) is 140 Å². The molecule has 52 heavy (non-hydrogen) atoms. The van der Waals surface area contributed by atoms with Crippen LogP contribution >= 0.6 is 7.14 Å². The van der Waals surface area contributed by atoms with Gasteiger partial charge in [-0.05, 0) is 65.2 Å². The van der Waals surface area contributed by atoms with Gasteiger partial charge in [0.2, 0.25) is 0 Å². The predicted octanol–water partition coefficient (Wildman–Crippen LogP) is 11.2. The number of hydrogen-bond acceptors (Lipinski definition) is 1. The van der Waals surface area contributed by atoms with Crippen molar-refractivity contribution in [1.82, 2.24) is 9.13 Å². The third-order valence-corrected chi connectivity index (χ3v) is 14.1.